The second kappa shape index (κ2) is 3.72. The SMILES string of the molecule is O=C(O)[C@H]1C[C@H]1C(=O)NCc1ccno1. The lowest BCUT2D eigenvalue weighted by molar-refractivity contribution is -0.140. The molecule has 0 aromatic carbocycles. The lowest BCUT2D eigenvalue weighted by atomic mass is 10.3. The summed E-state index contributed by atoms with van der Waals surface area (Å²) in [4.78, 5) is 21.9. The second-order valence-electron chi connectivity index (χ2n) is 3.48. The summed E-state index contributed by atoms with van der Waals surface area (Å²) in [7, 11) is 0. The molecule has 0 saturated heterocycles. The van der Waals surface area contributed by atoms with Crippen LogP contribution in [0.1, 0.15) is 12.2 Å². The Bertz CT molecular complexity index is 373. The zero-order valence-corrected chi connectivity index (χ0v) is 7.84. The highest BCUT2D eigenvalue weighted by Crippen LogP contribution is 2.38. The van der Waals surface area contributed by atoms with Crippen LogP contribution in [0.5, 0.6) is 0 Å². The zero-order valence-electron chi connectivity index (χ0n) is 7.84. The van der Waals surface area contributed by atoms with Gasteiger partial charge < -0.3 is 14.9 Å². The van der Waals surface area contributed by atoms with E-state index in [-0.39, 0.29) is 18.4 Å². The number of rotatable bonds is 4. The van der Waals surface area contributed by atoms with E-state index in [1.54, 1.807) is 6.07 Å². The van der Waals surface area contributed by atoms with Crippen LogP contribution in [-0.2, 0) is 16.1 Å². The number of aromatic nitrogens is 1. The van der Waals surface area contributed by atoms with E-state index >= 15 is 0 Å². The van der Waals surface area contributed by atoms with Gasteiger partial charge in [-0.3, -0.25) is 9.59 Å². The number of carboxylic acid groups (broad SMARTS) is 1. The number of hydrogen-bond donors (Lipinski definition) is 2. The van der Waals surface area contributed by atoms with Crippen LogP contribution in [0.2, 0.25) is 0 Å². The Kier molecular flexibility index (Phi) is 2.40. The van der Waals surface area contributed by atoms with Crippen molar-refractivity contribution in [2.45, 2.75) is 13.0 Å². The molecule has 15 heavy (non-hydrogen) atoms. The molecule has 0 bridgehead atoms. The predicted octanol–water partition coefficient (Wildman–Crippen LogP) is 0.0115. The van der Waals surface area contributed by atoms with Crippen LogP contribution in [0.4, 0.5) is 0 Å². The predicted molar refractivity (Wildman–Crippen MR) is 47.6 cm³/mol. The molecule has 2 atom stereocenters. The normalized spacial score (nSPS) is 23.5. The quantitative estimate of drug-likeness (QED) is 0.730. The average molecular weight is 210 g/mol. The molecule has 1 aromatic heterocycles. The molecule has 0 radical (unpaired) electrons. The maximum absolute atomic E-state index is 11.4. The molecule has 1 heterocycles. The van der Waals surface area contributed by atoms with Gasteiger partial charge in [0.25, 0.3) is 0 Å². The van der Waals surface area contributed by atoms with Gasteiger partial charge in [-0.05, 0) is 6.42 Å². The molecule has 1 aromatic rings. The molecule has 0 spiro atoms. The van der Waals surface area contributed by atoms with Crippen molar-refractivity contribution in [1.29, 1.82) is 0 Å². The van der Waals surface area contributed by atoms with Crippen LogP contribution in [0.25, 0.3) is 0 Å². The van der Waals surface area contributed by atoms with Gasteiger partial charge in [0.2, 0.25) is 5.91 Å². The smallest absolute Gasteiger partial charge is 0.307 e. The molecule has 1 fully saturated rings. The van der Waals surface area contributed by atoms with Gasteiger partial charge >= 0.3 is 5.97 Å². The summed E-state index contributed by atoms with van der Waals surface area (Å²) >= 11 is 0. The van der Waals surface area contributed by atoms with Crippen molar-refractivity contribution in [2.24, 2.45) is 11.8 Å². The minimum absolute atomic E-state index is 0.237. The minimum atomic E-state index is -0.908. The van der Waals surface area contributed by atoms with E-state index in [0.717, 1.165) is 0 Å². The van der Waals surface area contributed by atoms with E-state index in [1.165, 1.54) is 6.20 Å². The van der Waals surface area contributed by atoms with E-state index in [9.17, 15) is 9.59 Å². The molecule has 1 amide bonds. The first-order chi connectivity index (χ1) is 7.18. The van der Waals surface area contributed by atoms with Crippen LogP contribution in [0, 0.1) is 11.8 Å². The zero-order chi connectivity index (χ0) is 10.8. The summed E-state index contributed by atoms with van der Waals surface area (Å²) in [6, 6.07) is 1.64. The molecule has 6 nitrogen and oxygen atoms in total. The van der Waals surface area contributed by atoms with Gasteiger partial charge in [0, 0.05) is 6.07 Å². The standard InChI is InChI=1S/C9H10N2O4/c12-8(6-3-7(6)9(13)14)10-4-5-1-2-11-15-5/h1-2,6-7H,3-4H2,(H,10,12)(H,13,14)/t6-,7+/m1/s1. The lowest BCUT2D eigenvalue weighted by Gasteiger charge is -2.00. The first-order valence-corrected chi connectivity index (χ1v) is 4.58. The Morgan fingerprint density at radius 1 is 1.60 bits per heavy atom. The largest absolute Gasteiger partial charge is 0.481 e. The summed E-state index contributed by atoms with van der Waals surface area (Å²) in [6.45, 7) is 0.252. The summed E-state index contributed by atoms with van der Waals surface area (Å²) < 4.78 is 4.78. The van der Waals surface area contributed by atoms with E-state index in [0.29, 0.717) is 12.2 Å². The van der Waals surface area contributed by atoms with E-state index in [4.69, 9.17) is 9.63 Å². The highest BCUT2D eigenvalue weighted by Gasteiger charge is 2.48. The molecule has 0 unspecified atom stereocenters. The Morgan fingerprint density at radius 2 is 2.40 bits per heavy atom. The topological polar surface area (TPSA) is 92.4 Å². The van der Waals surface area contributed by atoms with Gasteiger partial charge in [-0.1, -0.05) is 5.16 Å². The fourth-order valence-corrected chi connectivity index (χ4v) is 1.40. The third-order valence-electron chi connectivity index (χ3n) is 2.37. The van der Waals surface area contributed by atoms with E-state index in [1.807, 2.05) is 0 Å². The van der Waals surface area contributed by atoms with Crippen LogP contribution < -0.4 is 5.32 Å². The van der Waals surface area contributed by atoms with Crippen molar-refractivity contribution >= 4 is 11.9 Å². The highest BCUT2D eigenvalue weighted by atomic mass is 16.5. The molecule has 1 aliphatic rings. The number of nitrogens with zero attached hydrogens (tertiary/aromatic N) is 1. The molecule has 80 valence electrons. The third-order valence-corrected chi connectivity index (χ3v) is 2.37. The lowest BCUT2D eigenvalue weighted by Crippen LogP contribution is -2.25. The number of aliphatic carboxylic acids is 1. The molecule has 0 aliphatic heterocycles. The molecule has 6 heteroatoms. The minimum Gasteiger partial charge on any atom is -0.481 e. The maximum Gasteiger partial charge on any atom is 0.307 e. The van der Waals surface area contributed by atoms with Gasteiger partial charge in [0.15, 0.2) is 5.76 Å². The fraction of sp³-hybridized carbons (Fsp3) is 0.444. The first kappa shape index (κ1) is 9.70. The maximum atomic E-state index is 11.4. The average Bonchev–Trinajstić information content (AvgIpc) is 2.85. The van der Waals surface area contributed by atoms with Crippen molar-refractivity contribution in [1.82, 2.24) is 10.5 Å². The Labute approximate surface area is 85.2 Å². The molecule has 1 saturated carbocycles. The number of amides is 1. The van der Waals surface area contributed by atoms with Gasteiger partial charge in [-0.2, -0.15) is 0 Å². The van der Waals surface area contributed by atoms with Crippen molar-refractivity contribution < 1.29 is 19.2 Å². The summed E-state index contributed by atoms with van der Waals surface area (Å²) in [5, 5.41) is 14.7. The highest BCUT2D eigenvalue weighted by molar-refractivity contribution is 5.89. The fourth-order valence-electron chi connectivity index (χ4n) is 1.40. The van der Waals surface area contributed by atoms with E-state index in [2.05, 4.69) is 10.5 Å². The number of carboxylic acids is 1. The van der Waals surface area contributed by atoms with Crippen LogP contribution >= 0.6 is 0 Å². The molecule has 2 N–H and O–H groups in total. The molecule has 1 aliphatic carbocycles. The van der Waals surface area contributed by atoms with Gasteiger partial charge in [0.05, 0.1) is 24.6 Å². The van der Waals surface area contributed by atoms with Crippen molar-refractivity contribution in [3.05, 3.63) is 18.0 Å². The second-order valence-corrected chi connectivity index (χ2v) is 3.48. The summed E-state index contributed by atoms with van der Waals surface area (Å²) in [5.41, 5.74) is 0. The monoisotopic (exact) mass is 210 g/mol. The van der Waals surface area contributed by atoms with Crippen molar-refractivity contribution in [3.63, 3.8) is 0 Å². The number of carbonyl (C=O) groups is 2. The Hall–Kier alpha value is -1.85. The molecule has 2 rings (SSSR count). The number of hydrogen-bond acceptors (Lipinski definition) is 4. The van der Waals surface area contributed by atoms with Crippen LogP contribution in [0.3, 0.4) is 0 Å². The third kappa shape index (κ3) is 2.15. The van der Waals surface area contributed by atoms with E-state index < -0.39 is 11.9 Å². The van der Waals surface area contributed by atoms with Gasteiger partial charge in [-0.25, -0.2) is 0 Å². The molecular formula is C9H10N2O4. The van der Waals surface area contributed by atoms with Crippen LogP contribution in [-0.4, -0.2) is 22.1 Å². The number of nitrogens with one attached hydrogen (secondary N) is 1. The summed E-state index contributed by atoms with van der Waals surface area (Å²) in [5.74, 6) is -1.49. The van der Waals surface area contributed by atoms with Crippen LogP contribution in [0.15, 0.2) is 16.8 Å². The van der Waals surface area contributed by atoms with Gasteiger partial charge in [0.1, 0.15) is 0 Å². The Morgan fingerprint density at radius 3 is 2.93 bits per heavy atom. The summed E-state index contributed by atoms with van der Waals surface area (Å²) in [6.07, 6.45) is 1.91. The molecular weight excluding hydrogens is 200 g/mol. The number of carbonyl (C=O) groups excluding carboxylic acids is 1. The van der Waals surface area contributed by atoms with Crippen molar-refractivity contribution in [3.8, 4) is 0 Å². The van der Waals surface area contributed by atoms with Gasteiger partial charge in [-0.15, -0.1) is 0 Å². The first-order valence-electron chi connectivity index (χ1n) is 4.58. The Balaban J connectivity index is 1.77. The van der Waals surface area contributed by atoms with Crippen molar-refractivity contribution in [2.75, 3.05) is 0 Å².